The molecule has 80 valence electrons. The monoisotopic (exact) mass is 222 g/mol. The lowest BCUT2D eigenvalue weighted by atomic mass is 10.1. The van der Waals surface area contributed by atoms with Crippen LogP contribution in [0.5, 0.6) is 0 Å². The second kappa shape index (κ2) is 3.79. The van der Waals surface area contributed by atoms with Crippen molar-refractivity contribution < 1.29 is 5.11 Å². The third kappa shape index (κ3) is 1.82. The van der Waals surface area contributed by atoms with Crippen LogP contribution in [0.15, 0.2) is 17.5 Å². The highest BCUT2D eigenvalue weighted by atomic mass is 32.1. The third-order valence-corrected chi connectivity index (χ3v) is 3.54. The molecule has 0 amide bonds. The summed E-state index contributed by atoms with van der Waals surface area (Å²) in [7, 11) is 1.86. The van der Waals surface area contributed by atoms with E-state index in [9.17, 15) is 5.11 Å². The highest BCUT2D eigenvalue weighted by molar-refractivity contribution is 7.10. The van der Waals surface area contributed by atoms with Crippen LogP contribution in [0.2, 0.25) is 0 Å². The van der Waals surface area contributed by atoms with Gasteiger partial charge in [0, 0.05) is 11.9 Å². The number of hydrogen-bond donors (Lipinski definition) is 1. The summed E-state index contributed by atoms with van der Waals surface area (Å²) in [6, 6.07) is 3.94. The summed E-state index contributed by atoms with van der Waals surface area (Å²) in [4.78, 5) is 0.998. The van der Waals surface area contributed by atoms with Crippen molar-refractivity contribution in [1.29, 1.82) is 0 Å². The molecule has 2 rings (SSSR count). The average Bonchev–Trinajstić information content (AvgIpc) is 2.71. The lowest BCUT2D eigenvalue weighted by Gasteiger charge is -2.09. The number of aromatic nitrogens is 2. The SMILES string of the molecule is Cc1cc(C(O)c2sccc2C)n(C)n1. The molecular weight excluding hydrogens is 208 g/mol. The van der Waals surface area contributed by atoms with E-state index in [0.717, 1.165) is 21.8 Å². The first-order valence-corrected chi connectivity index (χ1v) is 5.70. The van der Waals surface area contributed by atoms with Crippen molar-refractivity contribution in [1.82, 2.24) is 9.78 Å². The molecule has 4 heteroatoms. The molecule has 1 atom stereocenters. The van der Waals surface area contributed by atoms with Crippen LogP contribution in [0.1, 0.15) is 27.9 Å². The van der Waals surface area contributed by atoms with Gasteiger partial charge in [0.05, 0.1) is 11.4 Å². The molecule has 0 aliphatic carbocycles. The topological polar surface area (TPSA) is 38.0 Å². The van der Waals surface area contributed by atoms with Crippen molar-refractivity contribution in [2.45, 2.75) is 20.0 Å². The van der Waals surface area contributed by atoms with Crippen LogP contribution in [-0.4, -0.2) is 14.9 Å². The maximum absolute atomic E-state index is 10.2. The number of hydrogen-bond acceptors (Lipinski definition) is 3. The van der Waals surface area contributed by atoms with Crippen molar-refractivity contribution in [2.24, 2.45) is 7.05 Å². The molecule has 0 saturated heterocycles. The van der Waals surface area contributed by atoms with Crippen molar-refractivity contribution in [3.63, 3.8) is 0 Å². The second-order valence-electron chi connectivity index (χ2n) is 3.70. The fourth-order valence-electron chi connectivity index (χ4n) is 1.69. The molecular formula is C11H14N2OS. The van der Waals surface area contributed by atoms with E-state index in [2.05, 4.69) is 5.10 Å². The molecule has 0 aliphatic rings. The zero-order chi connectivity index (χ0) is 11.0. The van der Waals surface area contributed by atoms with Gasteiger partial charge >= 0.3 is 0 Å². The van der Waals surface area contributed by atoms with E-state index in [1.807, 2.05) is 38.4 Å². The van der Waals surface area contributed by atoms with Gasteiger partial charge in [0.2, 0.25) is 0 Å². The number of nitrogens with zero attached hydrogens (tertiary/aromatic N) is 2. The first-order valence-electron chi connectivity index (χ1n) is 4.82. The molecule has 3 nitrogen and oxygen atoms in total. The molecule has 0 aliphatic heterocycles. The molecule has 0 radical (unpaired) electrons. The predicted octanol–water partition coefficient (Wildman–Crippen LogP) is 2.18. The first-order chi connectivity index (χ1) is 7.09. The Morgan fingerprint density at radius 3 is 2.67 bits per heavy atom. The second-order valence-corrected chi connectivity index (χ2v) is 4.65. The fourth-order valence-corrected chi connectivity index (χ4v) is 2.61. The summed E-state index contributed by atoms with van der Waals surface area (Å²) in [6.45, 7) is 3.94. The molecule has 0 saturated carbocycles. The summed E-state index contributed by atoms with van der Waals surface area (Å²) >= 11 is 1.58. The zero-order valence-electron chi connectivity index (χ0n) is 9.06. The van der Waals surface area contributed by atoms with Gasteiger partial charge < -0.3 is 5.11 Å². The van der Waals surface area contributed by atoms with Gasteiger partial charge in [-0.2, -0.15) is 5.10 Å². The van der Waals surface area contributed by atoms with Crippen molar-refractivity contribution in [3.8, 4) is 0 Å². The van der Waals surface area contributed by atoms with Gasteiger partial charge in [-0.15, -0.1) is 11.3 Å². The molecule has 2 heterocycles. The Hall–Kier alpha value is -1.13. The molecule has 0 bridgehead atoms. The number of thiophene rings is 1. The maximum atomic E-state index is 10.2. The van der Waals surface area contributed by atoms with Crippen LogP contribution in [-0.2, 0) is 7.05 Å². The largest absolute Gasteiger partial charge is 0.381 e. The first kappa shape index (κ1) is 10.4. The average molecular weight is 222 g/mol. The minimum Gasteiger partial charge on any atom is -0.381 e. The Morgan fingerprint density at radius 2 is 2.20 bits per heavy atom. The van der Waals surface area contributed by atoms with Gasteiger partial charge in [-0.3, -0.25) is 4.68 Å². The van der Waals surface area contributed by atoms with Crippen LogP contribution in [0.25, 0.3) is 0 Å². The Balaban J connectivity index is 2.40. The van der Waals surface area contributed by atoms with Crippen LogP contribution >= 0.6 is 11.3 Å². The van der Waals surface area contributed by atoms with Gasteiger partial charge in [-0.05, 0) is 36.9 Å². The molecule has 0 fully saturated rings. The number of rotatable bonds is 2. The minimum absolute atomic E-state index is 0.559. The van der Waals surface area contributed by atoms with Crippen LogP contribution in [0.3, 0.4) is 0 Å². The van der Waals surface area contributed by atoms with Crippen LogP contribution in [0, 0.1) is 13.8 Å². The van der Waals surface area contributed by atoms with Crippen LogP contribution < -0.4 is 0 Å². The number of aliphatic hydroxyl groups is 1. The summed E-state index contributed by atoms with van der Waals surface area (Å²) in [6.07, 6.45) is -0.559. The fraction of sp³-hybridized carbons (Fsp3) is 0.364. The van der Waals surface area contributed by atoms with Gasteiger partial charge in [-0.25, -0.2) is 0 Å². The van der Waals surface area contributed by atoms with Crippen molar-refractivity contribution >= 4 is 11.3 Å². The summed E-state index contributed by atoms with van der Waals surface area (Å²) in [5, 5.41) is 16.4. The van der Waals surface area contributed by atoms with Crippen LogP contribution in [0.4, 0.5) is 0 Å². The van der Waals surface area contributed by atoms with Crippen molar-refractivity contribution in [2.75, 3.05) is 0 Å². The van der Waals surface area contributed by atoms with Crippen molar-refractivity contribution in [3.05, 3.63) is 39.3 Å². The summed E-state index contributed by atoms with van der Waals surface area (Å²) < 4.78 is 1.74. The molecule has 2 aromatic rings. The normalized spacial score (nSPS) is 13.1. The van der Waals surface area contributed by atoms with Gasteiger partial charge in [0.1, 0.15) is 6.10 Å². The maximum Gasteiger partial charge on any atom is 0.130 e. The predicted molar refractivity (Wildman–Crippen MR) is 61.1 cm³/mol. The highest BCUT2D eigenvalue weighted by Crippen LogP contribution is 2.29. The highest BCUT2D eigenvalue weighted by Gasteiger charge is 2.17. The number of aryl methyl sites for hydroxylation is 3. The Bertz CT molecular complexity index is 473. The van der Waals surface area contributed by atoms with Gasteiger partial charge in [0.15, 0.2) is 0 Å². The molecule has 2 aromatic heterocycles. The Kier molecular flexibility index (Phi) is 2.63. The molecule has 1 unspecified atom stereocenters. The minimum atomic E-state index is -0.559. The lowest BCUT2D eigenvalue weighted by molar-refractivity contribution is 0.213. The number of aliphatic hydroxyl groups excluding tert-OH is 1. The molecule has 0 spiro atoms. The zero-order valence-corrected chi connectivity index (χ0v) is 9.88. The quantitative estimate of drug-likeness (QED) is 0.845. The summed E-state index contributed by atoms with van der Waals surface area (Å²) in [5.74, 6) is 0. The molecule has 1 N–H and O–H groups in total. The van der Waals surface area contributed by atoms with E-state index < -0.39 is 6.10 Å². The van der Waals surface area contributed by atoms with E-state index in [4.69, 9.17) is 0 Å². The van der Waals surface area contributed by atoms with E-state index in [1.165, 1.54) is 0 Å². The van der Waals surface area contributed by atoms with E-state index >= 15 is 0 Å². The molecule has 15 heavy (non-hydrogen) atoms. The van der Waals surface area contributed by atoms with Gasteiger partial charge in [-0.1, -0.05) is 0 Å². The van der Waals surface area contributed by atoms with Gasteiger partial charge in [0.25, 0.3) is 0 Å². The van der Waals surface area contributed by atoms with E-state index in [0.29, 0.717) is 0 Å². The Labute approximate surface area is 93.0 Å². The third-order valence-electron chi connectivity index (χ3n) is 2.47. The molecule has 0 aromatic carbocycles. The summed E-state index contributed by atoms with van der Waals surface area (Å²) in [5.41, 5.74) is 2.91. The smallest absolute Gasteiger partial charge is 0.130 e. The Morgan fingerprint density at radius 1 is 1.47 bits per heavy atom. The van der Waals surface area contributed by atoms with E-state index in [-0.39, 0.29) is 0 Å². The van der Waals surface area contributed by atoms with E-state index in [1.54, 1.807) is 16.0 Å². The standard InChI is InChI=1S/C11H14N2OS/c1-7-4-5-15-11(7)10(14)9-6-8(2)12-13(9)3/h4-6,10,14H,1-3H3. The lowest BCUT2D eigenvalue weighted by Crippen LogP contribution is -2.05.